The van der Waals surface area contributed by atoms with Crippen LogP contribution < -0.4 is 5.32 Å². The number of thiophene rings is 1. The van der Waals surface area contributed by atoms with Gasteiger partial charge in [0.25, 0.3) is 0 Å². The molecule has 5 heteroatoms. The molecule has 4 nitrogen and oxygen atoms in total. The largest absolute Gasteiger partial charge is 0.465 e. The lowest BCUT2D eigenvalue weighted by Crippen LogP contribution is -2.15. The minimum absolute atomic E-state index is 0.242. The van der Waals surface area contributed by atoms with Crippen LogP contribution in [0.25, 0.3) is 6.08 Å². The molecule has 0 saturated heterocycles. The second kappa shape index (κ2) is 9.40. The third kappa shape index (κ3) is 4.96. The number of hydrogen-bond acceptors (Lipinski definition) is 4. The van der Waals surface area contributed by atoms with Crippen molar-refractivity contribution in [3.8, 4) is 0 Å². The Kier molecular flexibility index (Phi) is 6.91. The van der Waals surface area contributed by atoms with E-state index in [0.717, 1.165) is 36.8 Å². The van der Waals surface area contributed by atoms with E-state index in [1.165, 1.54) is 35.0 Å². The molecular formula is C24H29NO3S. The Morgan fingerprint density at radius 2 is 2.00 bits per heavy atom. The predicted octanol–water partition coefficient (Wildman–Crippen LogP) is 5.82. The van der Waals surface area contributed by atoms with Gasteiger partial charge in [-0.3, -0.25) is 4.79 Å². The summed E-state index contributed by atoms with van der Waals surface area (Å²) in [4.78, 5) is 26.1. The molecule has 1 aliphatic carbocycles. The van der Waals surface area contributed by atoms with Crippen LogP contribution in [0.4, 0.5) is 5.00 Å². The average Bonchev–Trinajstić information content (AvgIpc) is 3.08. The molecule has 1 unspecified atom stereocenters. The Hall–Kier alpha value is -2.40. The third-order valence-electron chi connectivity index (χ3n) is 5.60. The van der Waals surface area contributed by atoms with E-state index in [0.29, 0.717) is 22.4 Å². The Labute approximate surface area is 177 Å². The molecule has 1 heterocycles. The van der Waals surface area contributed by atoms with E-state index in [1.54, 1.807) is 6.08 Å². The molecule has 1 atom stereocenters. The highest BCUT2D eigenvalue weighted by Crippen LogP contribution is 2.40. The molecule has 2 aromatic rings. The van der Waals surface area contributed by atoms with Gasteiger partial charge in [0.2, 0.25) is 5.91 Å². The minimum atomic E-state index is -0.374. The Balaban J connectivity index is 1.77. The van der Waals surface area contributed by atoms with Crippen molar-refractivity contribution < 1.29 is 14.3 Å². The van der Waals surface area contributed by atoms with Gasteiger partial charge in [0.1, 0.15) is 5.00 Å². The molecule has 1 aromatic carbocycles. The maximum Gasteiger partial charge on any atom is 0.341 e. The SMILES string of the molecule is CCC1CCc2c(sc(NC(=O)C=Cc3ccc(C(C)C)cc3)c2C(=O)OC)C1. The molecule has 1 aromatic heterocycles. The number of rotatable bonds is 6. The van der Waals surface area contributed by atoms with E-state index in [9.17, 15) is 9.59 Å². The summed E-state index contributed by atoms with van der Waals surface area (Å²) in [5.41, 5.74) is 3.82. The van der Waals surface area contributed by atoms with Crippen LogP contribution in [0.3, 0.4) is 0 Å². The van der Waals surface area contributed by atoms with E-state index in [4.69, 9.17) is 4.74 Å². The van der Waals surface area contributed by atoms with Gasteiger partial charge in [0.15, 0.2) is 0 Å². The van der Waals surface area contributed by atoms with Crippen LogP contribution in [0.5, 0.6) is 0 Å². The summed E-state index contributed by atoms with van der Waals surface area (Å²) >= 11 is 1.51. The topological polar surface area (TPSA) is 55.4 Å². The van der Waals surface area contributed by atoms with E-state index in [2.05, 4.69) is 38.2 Å². The smallest absolute Gasteiger partial charge is 0.341 e. The number of anilines is 1. The van der Waals surface area contributed by atoms with Crippen molar-refractivity contribution in [2.75, 3.05) is 12.4 Å². The highest BCUT2D eigenvalue weighted by Gasteiger charge is 2.29. The first-order chi connectivity index (χ1) is 13.9. The fourth-order valence-corrected chi connectivity index (χ4v) is 5.08. The first-order valence-corrected chi connectivity index (χ1v) is 11.1. The van der Waals surface area contributed by atoms with Crippen molar-refractivity contribution in [2.45, 2.75) is 52.4 Å². The van der Waals surface area contributed by atoms with Gasteiger partial charge in [-0.25, -0.2) is 4.79 Å². The molecule has 1 N–H and O–H groups in total. The number of esters is 1. The Morgan fingerprint density at radius 3 is 2.62 bits per heavy atom. The maximum absolute atomic E-state index is 12.5. The van der Waals surface area contributed by atoms with E-state index in [-0.39, 0.29) is 11.9 Å². The second-order valence-electron chi connectivity index (χ2n) is 7.86. The van der Waals surface area contributed by atoms with E-state index < -0.39 is 0 Å². The van der Waals surface area contributed by atoms with Crippen LogP contribution in [0.2, 0.25) is 0 Å². The summed E-state index contributed by atoms with van der Waals surface area (Å²) in [5.74, 6) is 0.504. The molecular weight excluding hydrogens is 382 g/mol. The van der Waals surface area contributed by atoms with Crippen molar-refractivity contribution in [3.63, 3.8) is 0 Å². The van der Waals surface area contributed by atoms with Gasteiger partial charge in [0, 0.05) is 11.0 Å². The lowest BCUT2D eigenvalue weighted by atomic mass is 9.86. The number of fused-ring (bicyclic) bond motifs is 1. The maximum atomic E-state index is 12.5. The zero-order chi connectivity index (χ0) is 21.0. The van der Waals surface area contributed by atoms with E-state index >= 15 is 0 Å². The number of hydrogen-bond donors (Lipinski definition) is 1. The number of carbonyl (C=O) groups excluding carboxylic acids is 2. The molecule has 0 spiro atoms. The van der Waals surface area contributed by atoms with Gasteiger partial charge in [0.05, 0.1) is 12.7 Å². The van der Waals surface area contributed by atoms with Gasteiger partial charge in [-0.05, 0) is 53.9 Å². The molecule has 0 aliphatic heterocycles. The fraction of sp³-hybridized carbons (Fsp3) is 0.417. The number of carbonyl (C=O) groups is 2. The zero-order valence-corrected chi connectivity index (χ0v) is 18.4. The van der Waals surface area contributed by atoms with Crippen LogP contribution in [0, 0.1) is 5.92 Å². The van der Waals surface area contributed by atoms with Crippen LogP contribution in [-0.4, -0.2) is 19.0 Å². The summed E-state index contributed by atoms with van der Waals surface area (Å²) in [6, 6.07) is 8.17. The molecule has 1 amide bonds. The molecule has 3 rings (SSSR count). The van der Waals surface area contributed by atoms with Crippen molar-refractivity contribution in [2.24, 2.45) is 5.92 Å². The van der Waals surface area contributed by atoms with Crippen LogP contribution in [0.1, 0.15) is 71.5 Å². The van der Waals surface area contributed by atoms with Gasteiger partial charge >= 0.3 is 5.97 Å². The van der Waals surface area contributed by atoms with Crippen LogP contribution >= 0.6 is 11.3 Å². The van der Waals surface area contributed by atoms with Crippen LogP contribution in [-0.2, 0) is 22.4 Å². The summed E-state index contributed by atoms with van der Waals surface area (Å²) in [7, 11) is 1.39. The van der Waals surface area contributed by atoms with Crippen molar-refractivity contribution in [1.29, 1.82) is 0 Å². The highest BCUT2D eigenvalue weighted by molar-refractivity contribution is 7.17. The Bertz CT molecular complexity index is 909. The third-order valence-corrected chi connectivity index (χ3v) is 6.77. The molecule has 29 heavy (non-hydrogen) atoms. The summed E-state index contributed by atoms with van der Waals surface area (Å²) in [6.07, 6.45) is 7.34. The fourth-order valence-electron chi connectivity index (χ4n) is 3.73. The van der Waals surface area contributed by atoms with Crippen molar-refractivity contribution in [1.82, 2.24) is 0 Å². The Morgan fingerprint density at radius 1 is 1.28 bits per heavy atom. The first kappa shape index (κ1) is 21.3. The normalized spacial score (nSPS) is 16.1. The first-order valence-electron chi connectivity index (χ1n) is 10.2. The summed E-state index contributed by atoms with van der Waals surface area (Å²) < 4.78 is 4.99. The quantitative estimate of drug-likeness (QED) is 0.481. The van der Waals surface area contributed by atoms with Gasteiger partial charge in [-0.1, -0.05) is 51.5 Å². The number of methoxy groups -OCH3 is 1. The lowest BCUT2D eigenvalue weighted by molar-refractivity contribution is -0.111. The molecule has 1 aliphatic rings. The number of amides is 1. The highest BCUT2D eigenvalue weighted by atomic mass is 32.1. The average molecular weight is 412 g/mol. The molecule has 0 radical (unpaired) electrons. The molecule has 0 saturated carbocycles. The monoisotopic (exact) mass is 411 g/mol. The summed E-state index contributed by atoms with van der Waals surface area (Å²) in [5, 5.41) is 3.51. The van der Waals surface area contributed by atoms with E-state index in [1.807, 2.05) is 12.1 Å². The lowest BCUT2D eigenvalue weighted by Gasteiger charge is -2.20. The van der Waals surface area contributed by atoms with Crippen LogP contribution in [0.15, 0.2) is 30.3 Å². The number of benzene rings is 1. The predicted molar refractivity (Wildman–Crippen MR) is 120 cm³/mol. The van der Waals surface area contributed by atoms with Gasteiger partial charge in [-0.2, -0.15) is 0 Å². The number of nitrogens with one attached hydrogen (secondary N) is 1. The summed E-state index contributed by atoms with van der Waals surface area (Å²) in [6.45, 7) is 6.51. The minimum Gasteiger partial charge on any atom is -0.465 e. The standard InChI is InChI=1S/C24H29NO3S/c1-5-16-8-12-19-20(14-16)29-23(22(19)24(27)28-4)25-21(26)13-9-17-6-10-18(11-7-17)15(2)3/h6-7,9-11,13,15-16H,5,8,12,14H2,1-4H3,(H,25,26). The number of ether oxygens (including phenoxy) is 1. The van der Waals surface area contributed by atoms with Crippen molar-refractivity contribution in [3.05, 3.63) is 57.5 Å². The molecule has 154 valence electrons. The molecule has 0 bridgehead atoms. The van der Waals surface area contributed by atoms with Crippen molar-refractivity contribution >= 4 is 34.3 Å². The van der Waals surface area contributed by atoms with Gasteiger partial charge in [-0.15, -0.1) is 11.3 Å². The molecule has 0 fully saturated rings. The zero-order valence-electron chi connectivity index (χ0n) is 17.6. The van der Waals surface area contributed by atoms with Gasteiger partial charge < -0.3 is 10.1 Å². The second-order valence-corrected chi connectivity index (χ2v) is 8.97.